The van der Waals surface area contributed by atoms with Crippen molar-refractivity contribution in [1.82, 2.24) is 0 Å². The summed E-state index contributed by atoms with van der Waals surface area (Å²) in [6.07, 6.45) is 0. The topological polar surface area (TPSA) is 72.8 Å². The number of hydrogen-bond acceptors (Lipinski definition) is 5. The zero-order valence-electron chi connectivity index (χ0n) is 12.0. The lowest BCUT2D eigenvalue weighted by Crippen LogP contribution is -2.35. The molecule has 110 valence electrons. The minimum atomic E-state index is -0.895. The summed E-state index contributed by atoms with van der Waals surface area (Å²) in [4.78, 5) is 23.8. The van der Waals surface area contributed by atoms with Gasteiger partial charge in [0.05, 0.1) is 12.2 Å². The lowest BCUT2D eigenvalue weighted by atomic mass is 9.96. The molecule has 0 aliphatic heterocycles. The molecule has 0 aliphatic rings. The van der Waals surface area contributed by atoms with Crippen molar-refractivity contribution >= 4 is 11.8 Å². The van der Waals surface area contributed by atoms with E-state index in [1.165, 1.54) is 12.1 Å². The maximum absolute atomic E-state index is 12.2. The summed E-state index contributed by atoms with van der Waals surface area (Å²) in [5, 5.41) is 8.58. The van der Waals surface area contributed by atoms with E-state index in [4.69, 9.17) is 14.6 Å². The Bertz CT molecular complexity index is 462. The highest BCUT2D eigenvalue weighted by atomic mass is 16.5. The van der Waals surface area contributed by atoms with Gasteiger partial charge in [-0.25, -0.2) is 4.79 Å². The average molecular weight is 280 g/mol. The number of aliphatic hydroxyl groups is 1. The molecule has 1 aromatic rings. The van der Waals surface area contributed by atoms with Gasteiger partial charge in [-0.2, -0.15) is 0 Å². The van der Waals surface area contributed by atoms with Crippen LogP contribution >= 0.6 is 0 Å². The van der Waals surface area contributed by atoms with Crippen molar-refractivity contribution in [2.75, 3.05) is 19.8 Å². The first-order valence-electron chi connectivity index (χ1n) is 6.49. The van der Waals surface area contributed by atoms with Crippen molar-refractivity contribution in [3.63, 3.8) is 0 Å². The third-order valence-electron chi connectivity index (χ3n) is 2.76. The minimum absolute atomic E-state index is 0.0448. The molecule has 0 unspecified atom stereocenters. The van der Waals surface area contributed by atoms with Gasteiger partial charge in [-0.3, -0.25) is 4.79 Å². The van der Waals surface area contributed by atoms with Gasteiger partial charge in [0.15, 0.2) is 5.78 Å². The number of aliphatic hydroxyl groups excluding tert-OH is 1. The molecule has 0 bridgehead atoms. The van der Waals surface area contributed by atoms with Crippen LogP contribution in [0.1, 0.15) is 41.5 Å². The van der Waals surface area contributed by atoms with Crippen LogP contribution in [0.4, 0.5) is 0 Å². The van der Waals surface area contributed by atoms with Crippen LogP contribution in [0.25, 0.3) is 0 Å². The van der Waals surface area contributed by atoms with Gasteiger partial charge in [0.1, 0.15) is 12.2 Å². The van der Waals surface area contributed by atoms with Gasteiger partial charge >= 0.3 is 5.97 Å². The molecular weight excluding hydrogens is 260 g/mol. The van der Waals surface area contributed by atoms with E-state index in [1.54, 1.807) is 26.0 Å². The number of esters is 1. The average Bonchev–Trinajstić information content (AvgIpc) is 2.44. The van der Waals surface area contributed by atoms with Crippen LogP contribution in [0.5, 0.6) is 0 Å². The highest BCUT2D eigenvalue weighted by Gasteiger charge is 2.29. The van der Waals surface area contributed by atoms with E-state index >= 15 is 0 Å². The molecule has 0 atom stereocenters. The second-order valence-corrected chi connectivity index (χ2v) is 4.71. The van der Waals surface area contributed by atoms with Gasteiger partial charge in [-0.1, -0.05) is 12.1 Å². The van der Waals surface area contributed by atoms with Crippen LogP contribution in [0.2, 0.25) is 0 Å². The fourth-order valence-electron chi connectivity index (χ4n) is 1.75. The van der Waals surface area contributed by atoms with Crippen molar-refractivity contribution in [2.45, 2.75) is 26.4 Å². The largest absolute Gasteiger partial charge is 0.460 e. The van der Waals surface area contributed by atoms with Gasteiger partial charge in [0.25, 0.3) is 0 Å². The molecule has 0 saturated heterocycles. The Morgan fingerprint density at radius 1 is 1.15 bits per heavy atom. The van der Waals surface area contributed by atoms with Gasteiger partial charge < -0.3 is 14.6 Å². The summed E-state index contributed by atoms with van der Waals surface area (Å²) in [5.41, 5.74) is -0.0837. The smallest absolute Gasteiger partial charge is 0.338 e. The van der Waals surface area contributed by atoms with Gasteiger partial charge in [-0.15, -0.1) is 0 Å². The highest BCUT2D eigenvalue weighted by molar-refractivity contribution is 6.02. The number of benzene rings is 1. The number of carbonyl (C=O) groups excluding carboxylic acids is 2. The van der Waals surface area contributed by atoms with Crippen molar-refractivity contribution in [1.29, 1.82) is 0 Å². The van der Waals surface area contributed by atoms with Gasteiger partial charge in [0.2, 0.25) is 0 Å². The predicted octanol–water partition coefficient (Wildman–Crippen LogP) is 1.83. The van der Waals surface area contributed by atoms with E-state index in [1.807, 2.05) is 6.92 Å². The third kappa shape index (κ3) is 4.15. The van der Waals surface area contributed by atoms with E-state index in [2.05, 4.69) is 0 Å². The van der Waals surface area contributed by atoms with E-state index < -0.39 is 11.6 Å². The molecule has 20 heavy (non-hydrogen) atoms. The second-order valence-electron chi connectivity index (χ2n) is 4.71. The Labute approximate surface area is 118 Å². The molecule has 0 radical (unpaired) electrons. The molecule has 0 aliphatic carbocycles. The van der Waals surface area contributed by atoms with Gasteiger partial charge in [0, 0.05) is 12.2 Å². The maximum atomic E-state index is 12.2. The van der Waals surface area contributed by atoms with Crippen LogP contribution in [0.3, 0.4) is 0 Å². The van der Waals surface area contributed by atoms with E-state index in [0.29, 0.717) is 17.7 Å². The van der Waals surface area contributed by atoms with Crippen LogP contribution < -0.4 is 0 Å². The number of hydrogen-bond donors (Lipinski definition) is 1. The summed E-state index contributed by atoms with van der Waals surface area (Å²) >= 11 is 0. The first kappa shape index (κ1) is 16.3. The molecule has 1 rings (SSSR count). The quantitative estimate of drug-likeness (QED) is 0.609. The molecule has 0 saturated carbocycles. The molecular formula is C15H20O5. The Balaban J connectivity index is 2.81. The first-order chi connectivity index (χ1) is 9.42. The lowest BCUT2D eigenvalue weighted by molar-refractivity contribution is 0.00126. The first-order valence-corrected chi connectivity index (χ1v) is 6.49. The summed E-state index contributed by atoms with van der Waals surface area (Å²) in [5.74, 6) is -0.670. The monoisotopic (exact) mass is 280 g/mol. The predicted molar refractivity (Wildman–Crippen MR) is 73.8 cm³/mol. The number of Topliss-reactive ketones (excluding diaryl/α,β-unsaturated/α-hetero) is 1. The van der Waals surface area contributed by atoms with Crippen LogP contribution in [0, 0.1) is 0 Å². The number of ketones is 1. The van der Waals surface area contributed by atoms with Crippen LogP contribution in [0.15, 0.2) is 24.3 Å². The summed E-state index contributed by atoms with van der Waals surface area (Å²) < 4.78 is 10.2. The SMILES string of the molecule is CCOC(C)(C)C(=O)c1ccc(C(=O)OCCO)cc1. The van der Waals surface area contributed by atoms with Crippen LogP contribution in [-0.4, -0.2) is 42.3 Å². The molecule has 0 aromatic heterocycles. The molecule has 1 aromatic carbocycles. The summed E-state index contributed by atoms with van der Waals surface area (Å²) in [7, 11) is 0. The molecule has 5 nitrogen and oxygen atoms in total. The zero-order valence-corrected chi connectivity index (χ0v) is 12.0. The fraction of sp³-hybridized carbons (Fsp3) is 0.467. The second kappa shape index (κ2) is 7.17. The molecule has 5 heteroatoms. The number of carbonyl (C=O) groups is 2. The van der Waals surface area contributed by atoms with E-state index in [-0.39, 0.29) is 19.0 Å². The lowest BCUT2D eigenvalue weighted by Gasteiger charge is -2.23. The third-order valence-corrected chi connectivity index (χ3v) is 2.76. The van der Waals surface area contributed by atoms with Crippen molar-refractivity contribution in [2.24, 2.45) is 0 Å². The van der Waals surface area contributed by atoms with E-state index in [9.17, 15) is 9.59 Å². The fourth-order valence-corrected chi connectivity index (χ4v) is 1.75. The number of ether oxygens (including phenoxy) is 2. The highest BCUT2D eigenvalue weighted by Crippen LogP contribution is 2.18. The number of rotatable bonds is 7. The summed E-state index contributed by atoms with van der Waals surface area (Å²) in [6, 6.07) is 6.18. The van der Waals surface area contributed by atoms with Crippen molar-refractivity contribution < 1.29 is 24.2 Å². The molecule has 0 amide bonds. The minimum Gasteiger partial charge on any atom is -0.460 e. The van der Waals surface area contributed by atoms with Crippen molar-refractivity contribution in [3.05, 3.63) is 35.4 Å². The molecule has 0 heterocycles. The maximum Gasteiger partial charge on any atom is 0.338 e. The normalized spacial score (nSPS) is 11.2. The molecule has 1 N–H and O–H groups in total. The zero-order chi connectivity index (χ0) is 15.2. The Morgan fingerprint density at radius 2 is 1.70 bits per heavy atom. The molecule has 0 fully saturated rings. The summed E-state index contributed by atoms with van der Waals surface area (Å²) in [6.45, 7) is 5.44. The van der Waals surface area contributed by atoms with Crippen LogP contribution in [-0.2, 0) is 9.47 Å². The van der Waals surface area contributed by atoms with E-state index in [0.717, 1.165) is 0 Å². The Kier molecular flexibility index (Phi) is 5.85. The Hall–Kier alpha value is -1.72. The standard InChI is InChI=1S/C15H20O5/c1-4-20-15(2,3)13(17)11-5-7-12(8-6-11)14(18)19-10-9-16/h5-8,16H,4,9-10H2,1-3H3. The molecule has 0 spiro atoms. The Morgan fingerprint density at radius 3 is 2.20 bits per heavy atom. The van der Waals surface area contributed by atoms with Gasteiger partial charge in [-0.05, 0) is 32.9 Å². The van der Waals surface area contributed by atoms with Crippen molar-refractivity contribution in [3.8, 4) is 0 Å².